The first-order valence-electron chi connectivity index (χ1n) is 6.45. The molecular formula is C16H17ClN2S. The first kappa shape index (κ1) is 14.8. The summed E-state index contributed by atoms with van der Waals surface area (Å²) in [5.74, 6) is 0. The molecule has 2 rings (SSSR count). The molecule has 0 aliphatic carbocycles. The van der Waals surface area contributed by atoms with Gasteiger partial charge in [0.25, 0.3) is 0 Å². The summed E-state index contributed by atoms with van der Waals surface area (Å²) in [5, 5.41) is 3.98. The number of anilines is 1. The van der Waals surface area contributed by atoms with Crippen molar-refractivity contribution in [3.63, 3.8) is 0 Å². The molecule has 0 spiro atoms. The number of aryl methyl sites for hydroxylation is 1. The van der Waals surface area contributed by atoms with Crippen LogP contribution in [0, 0.1) is 6.92 Å². The monoisotopic (exact) mass is 304 g/mol. The van der Waals surface area contributed by atoms with E-state index >= 15 is 0 Å². The normalized spacial score (nSPS) is 10.3. The van der Waals surface area contributed by atoms with Crippen molar-refractivity contribution >= 4 is 34.5 Å². The zero-order valence-corrected chi connectivity index (χ0v) is 12.9. The van der Waals surface area contributed by atoms with E-state index in [-0.39, 0.29) is 0 Å². The van der Waals surface area contributed by atoms with Gasteiger partial charge in [-0.15, -0.1) is 0 Å². The number of nitrogens with two attached hydrogens (primary N) is 1. The molecule has 2 aromatic rings. The van der Waals surface area contributed by atoms with Gasteiger partial charge in [0.05, 0.1) is 10.7 Å². The third kappa shape index (κ3) is 3.71. The number of hydrogen-bond donors (Lipinski definition) is 2. The van der Waals surface area contributed by atoms with Crippen LogP contribution in [0.2, 0.25) is 5.02 Å². The molecule has 0 radical (unpaired) electrons. The van der Waals surface area contributed by atoms with Crippen LogP contribution in [0.5, 0.6) is 0 Å². The molecule has 0 atom stereocenters. The number of nitrogens with one attached hydrogen (secondary N) is 1. The summed E-state index contributed by atoms with van der Waals surface area (Å²) < 4.78 is 0. The van der Waals surface area contributed by atoms with Gasteiger partial charge in [0.2, 0.25) is 0 Å². The minimum atomic E-state index is 0.360. The number of benzene rings is 2. The minimum absolute atomic E-state index is 0.360. The number of hydrogen-bond acceptors (Lipinski definition) is 2. The molecule has 0 saturated carbocycles. The molecule has 0 amide bonds. The number of halogens is 1. The van der Waals surface area contributed by atoms with Crippen LogP contribution in [-0.4, -0.2) is 11.5 Å². The Kier molecular flexibility index (Phi) is 4.99. The van der Waals surface area contributed by atoms with E-state index < -0.39 is 0 Å². The Morgan fingerprint density at radius 2 is 2.00 bits per heavy atom. The van der Waals surface area contributed by atoms with Crippen LogP contribution in [0.3, 0.4) is 0 Å². The van der Waals surface area contributed by atoms with Gasteiger partial charge in [0.15, 0.2) is 0 Å². The van der Waals surface area contributed by atoms with Gasteiger partial charge in [-0.05, 0) is 42.7 Å². The van der Waals surface area contributed by atoms with E-state index in [9.17, 15) is 0 Å². The fraction of sp³-hybridized carbons (Fsp3) is 0.188. The molecule has 3 N–H and O–H groups in total. The third-order valence-electron chi connectivity index (χ3n) is 3.22. The van der Waals surface area contributed by atoms with Crippen molar-refractivity contribution in [3.8, 4) is 0 Å². The maximum Gasteiger partial charge on any atom is 0.104 e. The maximum absolute atomic E-state index is 6.21. The highest BCUT2D eigenvalue weighted by molar-refractivity contribution is 7.80. The van der Waals surface area contributed by atoms with Crippen molar-refractivity contribution < 1.29 is 0 Å². The van der Waals surface area contributed by atoms with E-state index in [1.807, 2.05) is 12.1 Å². The third-order valence-corrected chi connectivity index (χ3v) is 3.77. The van der Waals surface area contributed by atoms with E-state index in [0.717, 1.165) is 24.2 Å². The topological polar surface area (TPSA) is 38.0 Å². The van der Waals surface area contributed by atoms with Crippen LogP contribution in [0.1, 0.15) is 16.7 Å². The summed E-state index contributed by atoms with van der Waals surface area (Å²) >= 11 is 11.1. The molecule has 0 bridgehead atoms. The first-order valence-corrected chi connectivity index (χ1v) is 7.24. The molecule has 0 unspecified atom stereocenters. The molecule has 0 aliphatic rings. The van der Waals surface area contributed by atoms with Crippen LogP contribution >= 0.6 is 23.8 Å². The van der Waals surface area contributed by atoms with Crippen molar-refractivity contribution in [2.24, 2.45) is 5.73 Å². The summed E-state index contributed by atoms with van der Waals surface area (Å²) in [6.45, 7) is 2.95. The average Bonchev–Trinajstić information content (AvgIpc) is 2.42. The van der Waals surface area contributed by atoms with Crippen molar-refractivity contribution in [1.29, 1.82) is 0 Å². The van der Waals surface area contributed by atoms with Gasteiger partial charge in [-0.1, -0.05) is 48.1 Å². The van der Waals surface area contributed by atoms with E-state index in [4.69, 9.17) is 29.6 Å². The number of thiocarbonyl (C=S) groups is 1. The quantitative estimate of drug-likeness (QED) is 0.822. The van der Waals surface area contributed by atoms with E-state index in [2.05, 4.69) is 36.5 Å². The lowest BCUT2D eigenvalue weighted by molar-refractivity contribution is 1.01. The Morgan fingerprint density at radius 1 is 1.25 bits per heavy atom. The zero-order chi connectivity index (χ0) is 14.5. The van der Waals surface area contributed by atoms with Crippen molar-refractivity contribution in [2.75, 3.05) is 11.9 Å². The van der Waals surface area contributed by atoms with Crippen LogP contribution in [0.25, 0.3) is 0 Å². The van der Waals surface area contributed by atoms with Crippen LogP contribution < -0.4 is 11.1 Å². The highest BCUT2D eigenvalue weighted by Crippen LogP contribution is 2.23. The molecule has 0 aliphatic heterocycles. The summed E-state index contributed by atoms with van der Waals surface area (Å²) in [5.41, 5.74) is 9.92. The summed E-state index contributed by atoms with van der Waals surface area (Å²) in [4.78, 5) is 0.360. The summed E-state index contributed by atoms with van der Waals surface area (Å²) in [6.07, 6.45) is 0.958. The second-order valence-corrected chi connectivity index (χ2v) is 5.51. The molecule has 0 saturated heterocycles. The summed E-state index contributed by atoms with van der Waals surface area (Å²) in [6, 6.07) is 14.0. The zero-order valence-electron chi connectivity index (χ0n) is 11.3. The van der Waals surface area contributed by atoms with Gasteiger partial charge >= 0.3 is 0 Å². The molecule has 0 heterocycles. The van der Waals surface area contributed by atoms with Gasteiger partial charge in [0, 0.05) is 12.1 Å². The number of rotatable bonds is 5. The average molecular weight is 305 g/mol. The predicted octanol–water partition coefficient (Wildman–Crippen LogP) is 3.94. The standard InChI is InChI=1S/C16H17ClN2S/c1-11-4-2-3-5-12(11)8-9-19-15-7-6-13(16(18)20)10-14(15)17/h2-7,10,19H,8-9H2,1H3,(H2,18,20). The molecule has 2 nitrogen and oxygen atoms in total. The van der Waals surface area contributed by atoms with Gasteiger partial charge in [-0.25, -0.2) is 0 Å². The van der Waals surface area contributed by atoms with Crippen molar-refractivity contribution in [2.45, 2.75) is 13.3 Å². The van der Waals surface area contributed by atoms with Crippen LogP contribution in [0.15, 0.2) is 42.5 Å². The maximum atomic E-state index is 6.21. The van der Waals surface area contributed by atoms with Crippen molar-refractivity contribution in [3.05, 3.63) is 64.2 Å². The molecule has 104 valence electrons. The lowest BCUT2D eigenvalue weighted by atomic mass is 10.1. The Labute approximate surface area is 130 Å². The highest BCUT2D eigenvalue weighted by Gasteiger charge is 2.04. The highest BCUT2D eigenvalue weighted by atomic mass is 35.5. The SMILES string of the molecule is Cc1ccccc1CCNc1ccc(C(N)=S)cc1Cl. The Bertz CT molecular complexity index is 626. The molecule has 20 heavy (non-hydrogen) atoms. The molecule has 0 fully saturated rings. The van der Waals surface area contributed by atoms with E-state index in [1.54, 1.807) is 6.07 Å². The first-order chi connectivity index (χ1) is 9.58. The van der Waals surface area contributed by atoms with Gasteiger partial charge in [-0.2, -0.15) is 0 Å². The lowest BCUT2D eigenvalue weighted by Crippen LogP contribution is -2.10. The fourth-order valence-corrected chi connectivity index (χ4v) is 2.41. The smallest absolute Gasteiger partial charge is 0.104 e. The van der Waals surface area contributed by atoms with E-state index in [0.29, 0.717) is 10.0 Å². The van der Waals surface area contributed by atoms with Crippen LogP contribution in [0.4, 0.5) is 5.69 Å². The fourth-order valence-electron chi connectivity index (χ4n) is 2.03. The van der Waals surface area contributed by atoms with Crippen molar-refractivity contribution in [1.82, 2.24) is 0 Å². The lowest BCUT2D eigenvalue weighted by Gasteiger charge is -2.11. The Hall–Kier alpha value is -1.58. The van der Waals surface area contributed by atoms with Gasteiger partial charge < -0.3 is 11.1 Å². The van der Waals surface area contributed by atoms with Gasteiger partial charge in [0.1, 0.15) is 4.99 Å². The minimum Gasteiger partial charge on any atom is -0.389 e. The van der Waals surface area contributed by atoms with Crippen LogP contribution in [-0.2, 0) is 6.42 Å². The molecular weight excluding hydrogens is 288 g/mol. The molecule has 4 heteroatoms. The predicted molar refractivity (Wildman–Crippen MR) is 90.7 cm³/mol. The second-order valence-electron chi connectivity index (χ2n) is 4.66. The largest absolute Gasteiger partial charge is 0.389 e. The Morgan fingerprint density at radius 3 is 2.65 bits per heavy atom. The Balaban J connectivity index is 1.98. The summed E-state index contributed by atoms with van der Waals surface area (Å²) in [7, 11) is 0. The molecule has 0 aromatic heterocycles. The second kappa shape index (κ2) is 6.73. The van der Waals surface area contributed by atoms with E-state index in [1.165, 1.54) is 11.1 Å². The van der Waals surface area contributed by atoms with Gasteiger partial charge in [-0.3, -0.25) is 0 Å². The molecule has 2 aromatic carbocycles.